The lowest BCUT2D eigenvalue weighted by atomic mass is 10.1. The summed E-state index contributed by atoms with van der Waals surface area (Å²) in [5.41, 5.74) is -0.834. The van der Waals surface area contributed by atoms with Gasteiger partial charge in [-0.15, -0.1) is 0 Å². The lowest BCUT2D eigenvalue weighted by Crippen LogP contribution is -2.48. The molecule has 3 rings (SSSR count). The molecule has 0 atom stereocenters. The highest BCUT2D eigenvalue weighted by Crippen LogP contribution is 2.34. The van der Waals surface area contributed by atoms with Gasteiger partial charge >= 0.3 is 11.9 Å². The van der Waals surface area contributed by atoms with Gasteiger partial charge < -0.3 is 15.0 Å². The molecule has 0 spiro atoms. The Morgan fingerprint density at radius 3 is 2.69 bits per heavy atom. The van der Waals surface area contributed by atoms with Crippen molar-refractivity contribution in [2.75, 3.05) is 6.61 Å². The van der Waals surface area contributed by atoms with E-state index in [0.29, 0.717) is 16.6 Å². The molecule has 0 aliphatic rings. The molecule has 0 saturated carbocycles. The second-order valence-electron chi connectivity index (χ2n) is 7.20. The molecule has 0 aliphatic carbocycles. The number of alkyl halides is 3. The first-order valence-electron chi connectivity index (χ1n) is 8.64. The van der Waals surface area contributed by atoms with Gasteiger partial charge in [-0.25, -0.2) is 9.78 Å². The first-order valence-corrected chi connectivity index (χ1v) is 8.64. The summed E-state index contributed by atoms with van der Waals surface area (Å²) in [7, 11) is 1.58. The van der Waals surface area contributed by atoms with E-state index in [0.717, 1.165) is 6.07 Å². The summed E-state index contributed by atoms with van der Waals surface area (Å²) in [6.45, 7) is 3.00. The number of aryl methyl sites for hydroxylation is 1. The predicted octanol–water partition coefficient (Wildman–Crippen LogP) is 2.87. The molecule has 1 aromatic carbocycles. The third-order valence-corrected chi connectivity index (χ3v) is 4.27. The number of carbonyl (C=O) groups is 1. The Morgan fingerprint density at radius 1 is 1.28 bits per heavy atom. The van der Waals surface area contributed by atoms with Crippen LogP contribution in [0.1, 0.15) is 29.8 Å². The predicted molar refractivity (Wildman–Crippen MR) is 99.8 cm³/mol. The SMILES string of the molecule is Cn1c(=O)[nH]c2ccc(C(=O)NC(C)(C)COc3ncccc3C(F)(F)F)cc21. The highest BCUT2D eigenvalue weighted by Gasteiger charge is 2.35. The molecule has 0 radical (unpaired) electrons. The quantitative estimate of drug-likeness (QED) is 0.680. The van der Waals surface area contributed by atoms with Crippen LogP contribution in [0.4, 0.5) is 13.2 Å². The Balaban J connectivity index is 1.74. The van der Waals surface area contributed by atoms with E-state index in [1.54, 1.807) is 39.1 Å². The zero-order chi connectivity index (χ0) is 21.4. The largest absolute Gasteiger partial charge is 0.475 e. The number of hydrogen-bond donors (Lipinski definition) is 2. The maximum atomic E-state index is 13.0. The fourth-order valence-electron chi connectivity index (χ4n) is 2.75. The number of amides is 1. The minimum Gasteiger partial charge on any atom is -0.475 e. The number of imidazole rings is 1. The molecule has 1 amide bonds. The Bertz CT molecular complexity index is 1120. The van der Waals surface area contributed by atoms with E-state index in [-0.39, 0.29) is 12.3 Å². The van der Waals surface area contributed by atoms with Crippen molar-refractivity contribution in [2.24, 2.45) is 7.05 Å². The number of aromatic nitrogens is 3. The van der Waals surface area contributed by atoms with Crippen molar-refractivity contribution in [3.8, 4) is 5.88 Å². The maximum absolute atomic E-state index is 13.0. The van der Waals surface area contributed by atoms with Crippen LogP contribution in [0, 0.1) is 0 Å². The van der Waals surface area contributed by atoms with E-state index < -0.39 is 29.1 Å². The maximum Gasteiger partial charge on any atom is 0.421 e. The molecule has 2 N–H and O–H groups in total. The van der Waals surface area contributed by atoms with Crippen LogP contribution in [0.25, 0.3) is 11.0 Å². The number of pyridine rings is 1. The van der Waals surface area contributed by atoms with Gasteiger partial charge in [-0.1, -0.05) is 0 Å². The van der Waals surface area contributed by atoms with Crippen molar-refractivity contribution in [2.45, 2.75) is 25.6 Å². The van der Waals surface area contributed by atoms with E-state index in [9.17, 15) is 22.8 Å². The van der Waals surface area contributed by atoms with Crippen molar-refractivity contribution in [3.63, 3.8) is 0 Å². The molecular weight excluding hydrogens is 389 g/mol. The summed E-state index contributed by atoms with van der Waals surface area (Å²) in [5.74, 6) is -1.00. The molecule has 2 aromatic heterocycles. The third-order valence-electron chi connectivity index (χ3n) is 4.27. The van der Waals surface area contributed by atoms with Gasteiger partial charge in [0.1, 0.15) is 12.2 Å². The number of halogens is 3. The Kier molecular flexibility index (Phi) is 5.12. The Labute approximate surface area is 163 Å². The number of nitrogens with zero attached hydrogens (tertiary/aromatic N) is 2. The van der Waals surface area contributed by atoms with Gasteiger partial charge in [0.15, 0.2) is 0 Å². The fourth-order valence-corrected chi connectivity index (χ4v) is 2.75. The summed E-state index contributed by atoms with van der Waals surface area (Å²) < 4.78 is 45.8. The standard InChI is InChI=1S/C19H19F3N4O3/c1-18(2,10-29-16-12(19(20,21)22)5-4-8-23-16)25-15(27)11-6-7-13-14(9-11)26(3)17(28)24-13/h4-9H,10H2,1-3H3,(H,24,28)(H,25,27). The number of fused-ring (bicyclic) bond motifs is 1. The number of ether oxygens (including phenoxy) is 1. The third kappa shape index (κ3) is 4.41. The van der Waals surface area contributed by atoms with Crippen LogP contribution in [0.5, 0.6) is 5.88 Å². The smallest absolute Gasteiger partial charge is 0.421 e. The summed E-state index contributed by atoms with van der Waals surface area (Å²) in [6.07, 6.45) is -3.40. The van der Waals surface area contributed by atoms with Crippen molar-refractivity contribution in [3.05, 3.63) is 58.1 Å². The summed E-state index contributed by atoms with van der Waals surface area (Å²) in [6, 6.07) is 6.76. The normalized spacial score (nSPS) is 12.2. The molecule has 29 heavy (non-hydrogen) atoms. The van der Waals surface area contributed by atoms with E-state index in [1.165, 1.54) is 16.8 Å². The zero-order valence-electron chi connectivity index (χ0n) is 15.9. The van der Waals surface area contributed by atoms with Gasteiger partial charge in [0.25, 0.3) is 5.91 Å². The molecular formula is C19H19F3N4O3. The van der Waals surface area contributed by atoms with Crippen LogP contribution in [-0.2, 0) is 13.2 Å². The van der Waals surface area contributed by atoms with Gasteiger partial charge in [0.05, 0.1) is 16.6 Å². The van der Waals surface area contributed by atoms with Crippen LogP contribution >= 0.6 is 0 Å². The van der Waals surface area contributed by atoms with Crippen molar-refractivity contribution < 1.29 is 22.7 Å². The molecule has 2 heterocycles. The monoisotopic (exact) mass is 408 g/mol. The van der Waals surface area contributed by atoms with Gasteiger partial charge in [0.2, 0.25) is 5.88 Å². The van der Waals surface area contributed by atoms with Gasteiger partial charge in [-0.2, -0.15) is 13.2 Å². The molecule has 0 aliphatic heterocycles. The van der Waals surface area contributed by atoms with Crippen LogP contribution in [-0.4, -0.2) is 32.6 Å². The number of hydrogen-bond acceptors (Lipinski definition) is 4. The van der Waals surface area contributed by atoms with Crippen LogP contribution < -0.4 is 15.7 Å². The zero-order valence-corrected chi connectivity index (χ0v) is 15.9. The lowest BCUT2D eigenvalue weighted by Gasteiger charge is -2.26. The van der Waals surface area contributed by atoms with Gasteiger partial charge in [-0.05, 0) is 44.2 Å². The van der Waals surface area contributed by atoms with E-state index in [4.69, 9.17) is 4.74 Å². The van der Waals surface area contributed by atoms with Crippen LogP contribution in [0.15, 0.2) is 41.3 Å². The van der Waals surface area contributed by atoms with Gasteiger partial charge in [0, 0.05) is 18.8 Å². The summed E-state index contributed by atoms with van der Waals surface area (Å²) >= 11 is 0. The molecule has 0 fully saturated rings. The lowest BCUT2D eigenvalue weighted by molar-refractivity contribution is -0.139. The number of benzene rings is 1. The first kappa shape index (κ1) is 20.4. The number of carbonyl (C=O) groups excluding carboxylic acids is 1. The second kappa shape index (κ2) is 7.26. The molecule has 3 aromatic rings. The molecule has 0 bridgehead atoms. The Hall–Kier alpha value is -3.30. The number of nitrogens with one attached hydrogen (secondary N) is 2. The molecule has 0 saturated heterocycles. The topological polar surface area (TPSA) is 89.0 Å². The number of H-pyrrole nitrogens is 1. The van der Waals surface area contributed by atoms with Gasteiger partial charge in [-0.3, -0.25) is 9.36 Å². The second-order valence-corrected chi connectivity index (χ2v) is 7.20. The summed E-state index contributed by atoms with van der Waals surface area (Å²) in [5, 5.41) is 2.72. The highest BCUT2D eigenvalue weighted by atomic mass is 19.4. The van der Waals surface area contributed by atoms with E-state index in [1.807, 2.05) is 0 Å². The van der Waals surface area contributed by atoms with Crippen molar-refractivity contribution >= 4 is 16.9 Å². The minimum atomic E-state index is -4.60. The van der Waals surface area contributed by atoms with E-state index >= 15 is 0 Å². The fraction of sp³-hybridized carbons (Fsp3) is 0.316. The minimum absolute atomic E-state index is 0.232. The summed E-state index contributed by atoms with van der Waals surface area (Å²) in [4.78, 5) is 30.6. The average molecular weight is 408 g/mol. The molecule has 154 valence electrons. The van der Waals surface area contributed by atoms with Crippen molar-refractivity contribution in [1.82, 2.24) is 19.9 Å². The highest BCUT2D eigenvalue weighted by molar-refractivity contribution is 5.97. The van der Waals surface area contributed by atoms with Crippen molar-refractivity contribution in [1.29, 1.82) is 0 Å². The number of rotatable bonds is 5. The van der Waals surface area contributed by atoms with Crippen LogP contribution in [0.3, 0.4) is 0 Å². The van der Waals surface area contributed by atoms with Crippen LogP contribution in [0.2, 0.25) is 0 Å². The average Bonchev–Trinajstić information content (AvgIpc) is 2.93. The molecule has 0 unspecified atom stereocenters. The Morgan fingerprint density at radius 2 is 2.00 bits per heavy atom. The van der Waals surface area contributed by atoms with E-state index in [2.05, 4.69) is 15.3 Å². The molecule has 7 nitrogen and oxygen atoms in total. The number of aromatic amines is 1. The molecule has 10 heteroatoms. The first-order chi connectivity index (χ1) is 13.5.